The molecule has 3 aromatic heterocycles. The Hall–Kier alpha value is -3.53. The fraction of sp³-hybridized carbons (Fsp3) is 0.364. The van der Waals surface area contributed by atoms with Gasteiger partial charge in [-0.15, -0.1) is 0 Å². The van der Waals surface area contributed by atoms with Crippen molar-refractivity contribution >= 4 is 33.4 Å². The van der Waals surface area contributed by atoms with Gasteiger partial charge in [0.05, 0.1) is 29.0 Å². The summed E-state index contributed by atoms with van der Waals surface area (Å²) in [6.07, 6.45) is 3.17. The van der Waals surface area contributed by atoms with Crippen LogP contribution in [0.25, 0.3) is 21.9 Å². The Morgan fingerprint density at radius 2 is 1.88 bits per heavy atom. The average molecular weight is 434 g/mol. The van der Waals surface area contributed by atoms with Crippen LogP contribution in [-0.2, 0) is 0 Å². The number of rotatable bonds is 4. The molecule has 9 nitrogen and oxygen atoms in total. The lowest BCUT2D eigenvalue weighted by molar-refractivity contribution is 0.439. The van der Waals surface area contributed by atoms with Gasteiger partial charge in [0.2, 0.25) is 0 Å². The highest BCUT2D eigenvalue weighted by Gasteiger charge is 2.54. The van der Waals surface area contributed by atoms with Gasteiger partial charge in [-0.05, 0) is 37.3 Å². The summed E-state index contributed by atoms with van der Waals surface area (Å²) in [6.45, 7) is 5.20. The van der Waals surface area contributed by atoms with Crippen LogP contribution in [0.3, 0.4) is 0 Å². The third kappa shape index (κ3) is 2.79. The van der Waals surface area contributed by atoms with Gasteiger partial charge in [0.15, 0.2) is 5.75 Å². The van der Waals surface area contributed by atoms with E-state index in [2.05, 4.69) is 30.2 Å². The summed E-state index contributed by atoms with van der Waals surface area (Å²) in [5, 5.41) is 4.63. The first-order valence-corrected chi connectivity index (χ1v) is 10.6. The predicted octanol–water partition coefficient (Wildman–Crippen LogP) is 2.88. The average Bonchev–Trinajstić information content (AvgIpc) is 3.15. The molecule has 6 rings (SSSR count). The van der Waals surface area contributed by atoms with E-state index in [1.165, 1.54) is 6.07 Å². The summed E-state index contributed by atoms with van der Waals surface area (Å²) in [5.74, 6) is 2.46. The molecule has 0 amide bonds. The summed E-state index contributed by atoms with van der Waals surface area (Å²) < 4.78 is 20.7. The van der Waals surface area contributed by atoms with Gasteiger partial charge in [0, 0.05) is 31.6 Å². The van der Waals surface area contributed by atoms with Crippen LogP contribution in [0.15, 0.2) is 18.5 Å². The van der Waals surface area contributed by atoms with Crippen molar-refractivity contribution in [3.05, 3.63) is 35.7 Å². The molecule has 1 aliphatic heterocycles. The zero-order chi connectivity index (χ0) is 22.1. The highest BCUT2D eigenvalue weighted by Crippen LogP contribution is 2.47. The lowest BCUT2D eigenvalue weighted by atomic mass is 10.1. The number of benzene rings is 1. The van der Waals surface area contributed by atoms with Crippen LogP contribution in [0.5, 0.6) is 11.8 Å². The SMILES string of the molecule is CNc1cc(F)c(C)c2c1[nH]c1nc(Oc3cnc(C)nc3)nc(N3CC4C(N)C4C3)c12. The van der Waals surface area contributed by atoms with Gasteiger partial charge in [-0.3, -0.25) is 0 Å². The Balaban J connectivity index is 1.56. The summed E-state index contributed by atoms with van der Waals surface area (Å²) >= 11 is 0. The van der Waals surface area contributed by atoms with Crippen LogP contribution in [0.4, 0.5) is 15.9 Å². The maximum absolute atomic E-state index is 14.8. The number of nitrogens with zero attached hydrogens (tertiary/aromatic N) is 5. The Kier molecular flexibility index (Phi) is 4.03. The number of halogens is 1. The number of aromatic nitrogens is 5. The second kappa shape index (κ2) is 6.73. The number of ether oxygens (including phenoxy) is 1. The van der Waals surface area contributed by atoms with Gasteiger partial charge < -0.3 is 25.7 Å². The molecule has 1 saturated carbocycles. The highest BCUT2D eigenvalue weighted by atomic mass is 19.1. The van der Waals surface area contributed by atoms with Crippen LogP contribution < -0.4 is 20.7 Å². The van der Waals surface area contributed by atoms with Gasteiger partial charge in [0.1, 0.15) is 23.1 Å². The van der Waals surface area contributed by atoms with Crippen molar-refractivity contribution in [2.24, 2.45) is 17.6 Å². The molecule has 2 fully saturated rings. The number of aryl methyl sites for hydroxylation is 2. The summed E-state index contributed by atoms with van der Waals surface area (Å²) in [6, 6.07) is 1.92. The minimum Gasteiger partial charge on any atom is -0.421 e. The standard InChI is InChI=1S/C22H23FN8O/c1-9-14(23)4-15(25-3)19-16(9)17-20(28-19)29-22(32-11-5-26-10(2)27-6-11)30-21(17)31-7-12-13(8-31)18(12)24/h4-6,12-13,18,25H,7-8,24H2,1-3H3,(H,28,29,30). The number of nitrogens with two attached hydrogens (primary N) is 1. The first-order chi connectivity index (χ1) is 15.4. The van der Waals surface area contributed by atoms with E-state index in [9.17, 15) is 4.39 Å². The predicted molar refractivity (Wildman–Crippen MR) is 120 cm³/mol. The van der Waals surface area contributed by atoms with Gasteiger partial charge in [-0.2, -0.15) is 9.97 Å². The fourth-order valence-electron chi connectivity index (χ4n) is 4.81. The molecule has 1 saturated heterocycles. The van der Waals surface area contributed by atoms with E-state index in [4.69, 9.17) is 15.5 Å². The molecule has 0 bridgehead atoms. The molecule has 2 aliphatic rings. The van der Waals surface area contributed by atoms with Crippen LogP contribution in [0.2, 0.25) is 0 Å². The topological polar surface area (TPSA) is 118 Å². The maximum atomic E-state index is 14.8. The van der Waals surface area contributed by atoms with Crippen molar-refractivity contribution in [2.75, 3.05) is 30.4 Å². The van der Waals surface area contributed by atoms with Crippen molar-refractivity contribution in [1.29, 1.82) is 0 Å². The van der Waals surface area contributed by atoms with E-state index in [-0.39, 0.29) is 17.9 Å². The lowest BCUT2D eigenvalue weighted by Gasteiger charge is -2.21. The van der Waals surface area contributed by atoms with Crippen LogP contribution in [0, 0.1) is 31.5 Å². The van der Waals surface area contributed by atoms with Crippen molar-refractivity contribution in [2.45, 2.75) is 19.9 Å². The van der Waals surface area contributed by atoms with Crippen LogP contribution >= 0.6 is 0 Å². The molecule has 0 spiro atoms. The van der Waals surface area contributed by atoms with Crippen molar-refractivity contribution in [1.82, 2.24) is 24.9 Å². The molecular weight excluding hydrogens is 411 g/mol. The molecule has 2 atom stereocenters. The molecule has 4 heterocycles. The van der Waals surface area contributed by atoms with Gasteiger partial charge in [-0.25, -0.2) is 14.4 Å². The van der Waals surface area contributed by atoms with Crippen LogP contribution in [0.1, 0.15) is 11.4 Å². The van der Waals surface area contributed by atoms with Gasteiger partial charge >= 0.3 is 6.01 Å². The number of fused-ring (bicyclic) bond motifs is 4. The van der Waals surface area contributed by atoms with Crippen molar-refractivity contribution in [3.63, 3.8) is 0 Å². The van der Waals surface area contributed by atoms with Gasteiger partial charge in [0.25, 0.3) is 0 Å². The monoisotopic (exact) mass is 434 g/mol. The Bertz CT molecular complexity index is 1360. The summed E-state index contributed by atoms with van der Waals surface area (Å²) in [4.78, 5) is 23.3. The zero-order valence-corrected chi connectivity index (χ0v) is 18.0. The third-order valence-electron chi connectivity index (χ3n) is 6.68. The Morgan fingerprint density at radius 1 is 1.16 bits per heavy atom. The van der Waals surface area contributed by atoms with E-state index >= 15 is 0 Å². The van der Waals surface area contributed by atoms with E-state index in [1.807, 2.05) is 0 Å². The quantitative estimate of drug-likeness (QED) is 0.449. The number of hydrogen-bond acceptors (Lipinski definition) is 8. The number of anilines is 2. The van der Waals surface area contributed by atoms with Crippen molar-refractivity contribution < 1.29 is 9.13 Å². The fourth-order valence-corrected chi connectivity index (χ4v) is 4.81. The first-order valence-electron chi connectivity index (χ1n) is 10.6. The normalized spacial score (nSPS) is 21.9. The minimum absolute atomic E-state index is 0.181. The van der Waals surface area contributed by atoms with Gasteiger partial charge in [-0.1, -0.05) is 0 Å². The molecule has 2 unspecified atom stereocenters. The van der Waals surface area contributed by atoms with Crippen LogP contribution in [-0.4, -0.2) is 51.1 Å². The molecule has 1 aliphatic carbocycles. The second-order valence-electron chi connectivity index (χ2n) is 8.59. The van der Waals surface area contributed by atoms with E-state index in [0.717, 1.165) is 35.2 Å². The molecule has 4 aromatic rings. The number of hydrogen-bond donors (Lipinski definition) is 3. The number of piperidine rings is 1. The first kappa shape index (κ1) is 19.2. The maximum Gasteiger partial charge on any atom is 0.326 e. The minimum atomic E-state index is -0.280. The highest BCUT2D eigenvalue weighted by molar-refractivity contribution is 6.16. The largest absolute Gasteiger partial charge is 0.421 e. The number of H-pyrrole nitrogens is 1. The number of nitrogens with one attached hydrogen (secondary N) is 2. The van der Waals surface area contributed by atoms with E-state index in [0.29, 0.717) is 40.3 Å². The Labute approximate surface area is 183 Å². The second-order valence-corrected chi connectivity index (χ2v) is 8.59. The van der Waals surface area contributed by atoms with Crippen molar-refractivity contribution in [3.8, 4) is 11.8 Å². The summed E-state index contributed by atoms with van der Waals surface area (Å²) in [7, 11) is 1.77. The molecular formula is C22H23FN8O. The Morgan fingerprint density at radius 3 is 2.56 bits per heavy atom. The van der Waals surface area contributed by atoms with E-state index < -0.39 is 0 Å². The van der Waals surface area contributed by atoms with E-state index in [1.54, 1.807) is 33.3 Å². The lowest BCUT2D eigenvalue weighted by Crippen LogP contribution is -2.29. The molecule has 10 heteroatoms. The molecule has 0 radical (unpaired) electrons. The molecule has 4 N–H and O–H groups in total. The molecule has 164 valence electrons. The third-order valence-corrected chi connectivity index (χ3v) is 6.68. The smallest absolute Gasteiger partial charge is 0.326 e. The molecule has 1 aromatic carbocycles. The molecule has 32 heavy (non-hydrogen) atoms. The zero-order valence-electron chi connectivity index (χ0n) is 18.0. The summed E-state index contributed by atoms with van der Waals surface area (Å²) in [5.41, 5.74) is 8.74. The number of aromatic amines is 1.